The highest BCUT2D eigenvalue weighted by molar-refractivity contribution is 6.38. The maximum absolute atomic E-state index is 11.7. The van der Waals surface area contributed by atoms with E-state index < -0.39 is 0 Å². The van der Waals surface area contributed by atoms with Crippen molar-refractivity contribution in [3.63, 3.8) is 0 Å². The lowest BCUT2D eigenvalue weighted by atomic mass is 9.83. The first-order chi connectivity index (χ1) is 15.8. The molecule has 5 aromatic carbocycles. The van der Waals surface area contributed by atoms with E-state index in [4.69, 9.17) is 11.6 Å². The van der Waals surface area contributed by atoms with E-state index in [-0.39, 0.29) is 5.75 Å². The van der Waals surface area contributed by atoms with Crippen molar-refractivity contribution in [2.45, 2.75) is 0 Å². The van der Waals surface area contributed by atoms with Crippen LogP contribution in [0.25, 0.3) is 44.5 Å². The number of phenols is 1. The van der Waals surface area contributed by atoms with Gasteiger partial charge in [-0.3, -0.25) is 0 Å². The van der Waals surface area contributed by atoms with Gasteiger partial charge in [0.25, 0.3) is 0 Å². The maximum atomic E-state index is 11.7. The Bertz CT molecular complexity index is 1280. The fourth-order valence-corrected chi connectivity index (χ4v) is 4.63. The number of aromatic hydroxyl groups is 1. The summed E-state index contributed by atoms with van der Waals surface area (Å²) in [6.45, 7) is 0. The minimum absolute atomic E-state index is 0.186. The SMILES string of the molecule is Oc1c(-c2ccccc2)c(Cl)c(-c2ccccc2)c(-c2ccccc2)c1-c1ccccc1. The number of benzene rings is 5. The van der Waals surface area contributed by atoms with E-state index in [1.807, 2.05) is 97.1 Å². The molecule has 0 aliphatic rings. The van der Waals surface area contributed by atoms with Crippen molar-refractivity contribution in [2.24, 2.45) is 0 Å². The first kappa shape index (κ1) is 20.1. The van der Waals surface area contributed by atoms with Gasteiger partial charge in [-0.2, -0.15) is 0 Å². The molecule has 154 valence electrons. The predicted octanol–water partition coefficient (Wildman–Crippen LogP) is 8.71. The van der Waals surface area contributed by atoms with Crippen molar-refractivity contribution < 1.29 is 5.11 Å². The van der Waals surface area contributed by atoms with Crippen molar-refractivity contribution in [3.05, 3.63) is 126 Å². The molecule has 0 radical (unpaired) electrons. The molecule has 32 heavy (non-hydrogen) atoms. The molecule has 0 heterocycles. The lowest BCUT2D eigenvalue weighted by Crippen LogP contribution is -1.96. The average Bonchev–Trinajstić information content (AvgIpc) is 2.86. The monoisotopic (exact) mass is 432 g/mol. The topological polar surface area (TPSA) is 20.2 Å². The Kier molecular flexibility index (Phi) is 5.49. The molecule has 0 aromatic heterocycles. The van der Waals surface area contributed by atoms with Crippen LogP contribution in [0.2, 0.25) is 5.02 Å². The van der Waals surface area contributed by atoms with E-state index in [9.17, 15) is 5.11 Å². The van der Waals surface area contributed by atoms with Gasteiger partial charge in [-0.1, -0.05) is 133 Å². The number of halogens is 1. The fraction of sp³-hybridized carbons (Fsp3) is 0. The van der Waals surface area contributed by atoms with Gasteiger partial charge < -0.3 is 5.11 Å². The summed E-state index contributed by atoms with van der Waals surface area (Å²) in [5.74, 6) is 0.186. The van der Waals surface area contributed by atoms with E-state index in [1.165, 1.54) is 0 Å². The standard InChI is InChI=1S/C30H21ClO/c31-29-26(22-15-7-2-8-16-22)25(21-13-5-1-6-14-21)27(23-17-9-3-10-18-23)30(32)28(29)24-19-11-4-12-20-24/h1-20,32H. The molecule has 0 atom stereocenters. The summed E-state index contributed by atoms with van der Waals surface area (Å²) in [7, 11) is 0. The summed E-state index contributed by atoms with van der Waals surface area (Å²) in [5.41, 5.74) is 7.08. The van der Waals surface area contributed by atoms with Gasteiger partial charge in [-0.15, -0.1) is 0 Å². The highest BCUT2D eigenvalue weighted by atomic mass is 35.5. The van der Waals surface area contributed by atoms with E-state index >= 15 is 0 Å². The Morgan fingerprint density at radius 1 is 0.375 bits per heavy atom. The van der Waals surface area contributed by atoms with Gasteiger partial charge in [0.1, 0.15) is 5.75 Å². The Hall–Kier alpha value is -3.81. The summed E-state index contributed by atoms with van der Waals surface area (Å²) < 4.78 is 0. The highest BCUT2D eigenvalue weighted by Gasteiger charge is 2.26. The van der Waals surface area contributed by atoms with Crippen LogP contribution < -0.4 is 0 Å². The van der Waals surface area contributed by atoms with Crippen LogP contribution in [0.15, 0.2) is 121 Å². The molecule has 0 unspecified atom stereocenters. The fourth-order valence-electron chi connectivity index (χ4n) is 4.23. The zero-order valence-corrected chi connectivity index (χ0v) is 18.1. The van der Waals surface area contributed by atoms with E-state index in [0.717, 1.165) is 38.9 Å². The molecule has 0 aliphatic heterocycles. The second-order valence-electron chi connectivity index (χ2n) is 7.63. The Morgan fingerprint density at radius 2 is 0.688 bits per heavy atom. The van der Waals surface area contributed by atoms with E-state index in [1.54, 1.807) is 0 Å². The molecule has 0 spiro atoms. The lowest BCUT2D eigenvalue weighted by molar-refractivity contribution is 0.479. The predicted molar refractivity (Wildman–Crippen MR) is 135 cm³/mol. The van der Waals surface area contributed by atoms with Crippen LogP contribution in [0.5, 0.6) is 5.75 Å². The van der Waals surface area contributed by atoms with E-state index in [2.05, 4.69) is 24.3 Å². The third-order valence-corrected chi connectivity index (χ3v) is 6.04. The quantitative estimate of drug-likeness (QED) is 0.301. The van der Waals surface area contributed by atoms with Crippen LogP contribution in [0.4, 0.5) is 0 Å². The molecule has 0 saturated heterocycles. The third kappa shape index (κ3) is 3.57. The molecule has 5 aromatic rings. The number of hydrogen-bond acceptors (Lipinski definition) is 1. The Labute approximate surface area is 193 Å². The van der Waals surface area contributed by atoms with Crippen LogP contribution in [0, 0.1) is 0 Å². The highest BCUT2D eigenvalue weighted by Crippen LogP contribution is 2.53. The summed E-state index contributed by atoms with van der Waals surface area (Å²) >= 11 is 7.14. The molecule has 5 rings (SSSR count). The molecular weight excluding hydrogens is 412 g/mol. The van der Waals surface area contributed by atoms with Crippen molar-refractivity contribution in [1.29, 1.82) is 0 Å². The van der Waals surface area contributed by atoms with Crippen LogP contribution in [-0.4, -0.2) is 5.11 Å². The first-order valence-electron chi connectivity index (χ1n) is 10.6. The minimum atomic E-state index is 0.186. The Balaban J connectivity index is 1.99. The van der Waals surface area contributed by atoms with Gasteiger partial charge in [0.15, 0.2) is 0 Å². The zero-order chi connectivity index (χ0) is 21.9. The Morgan fingerprint density at radius 3 is 1.09 bits per heavy atom. The first-order valence-corrected chi connectivity index (χ1v) is 10.9. The average molecular weight is 433 g/mol. The summed E-state index contributed by atoms with van der Waals surface area (Å²) in [5, 5.41) is 12.2. The molecular formula is C30H21ClO. The summed E-state index contributed by atoms with van der Waals surface area (Å²) in [6, 6.07) is 40.1. The molecule has 0 bridgehead atoms. The lowest BCUT2D eigenvalue weighted by Gasteiger charge is -2.23. The summed E-state index contributed by atoms with van der Waals surface area (Å²) in [6.07, 6.45) is 0. The van der Waals surface area contributed by atoms with Gasteiger partial charge in [0.2, 0.25) is 0 Å². The van der Waals surface area contributed by atoms with Crippen molar-refractivity contribution in [3.8, 4) is 50.3 Å². The molecule has 0 aliphatic carbocycles. The van der Waals surface area contributed by atoms with Gasteiger partial charge in [0, 0.05) is 22.3 Å². The van der Waals surface area contributed by atoms with Crippen LogP contribution >= 0.6 is 11.6 Å². The molecule has 1 nitrogen and oxygen atoms in total. The van der Waals surface area contributed by atoms with Crippen molar-refractivity contribution in [1.82, 2.24) is 0 Å². The molecule has 1 N–H and O–H groups in total. The molecule has 2 heteroatoms. The number of hydrogen-bond donors (Lipinski definition) is 1. The van der Waals surface area contributed by atoms with Gasteiger partial charge in [0.05, 0.1) is 5.02 Å². The number of rotatable bonds is 4. The second kappa shape index (κ2) is 8.74. The van der Waals surface area contributed by atoms with Gasteiger partial charge >= 0.3 is 0 Å². The summed E-state index contributed by atoms with van der Waals surface area (Å²) in [4.78, 5) is 0. The maximum Gasteiger partial charge on any atom is 0.133 e. The van der Waals surface area contributed by atoms with Crippen molar-refractivity contribution in [2.75, 3.05) is 0 Å². The van der Waals surface area contributed by atoms with Gasteiger partial charge in [-0.05, 0) is 22.3 Å². The molecule has 0 fully saturated rings. The van der Waals surface area contributed by atoms with Crippen LogP contribution in [0.1, 0.15) is 0 Å². The minimum Gasteiger partial charge on any atom is -0.507 e. The normalized spacial score (nSPS) is 10.8. The number of phenolic OH excluding ortho intramolecular Hbond substituents is 1. The molecule has 0 saturated carbocycles. The molecule has 0 amide bonds. The van der Waals surface area contributed by atoms with E-state index in [0.29, 0.717) is 10.6 Å². The van der Waals surface area contributed by atoms with Crippen molar-refractivity contribution >= 4 is 11.6 Å². The van der Waals surface area contributed by atoms with Crippen LogP contribution in [0.3, 0.4) is 0 Å². The van der Waals surface area contributed by atoms with Gasteiger partial charge in [-0.25, -0.2) is 0 Å². The third-order valence-electron chi connectivity index (χ3n) is 5.66. The second-order valence-corrected chi connectivity index (χ2v) is 8.00. The smallest absolute Gasteiger partial charge is 0.133 e. The van der Waals surface area contributed by atoms with Crippen LogP contribution in [-0.2, 0) is 0 Å². The zero-order valence-electron chi connectivity index (χ0n) is 17.4. The largest absolute Gasteiger partial charge is 0.507 e.